The highest BCUT2D eigenvalue weighted by Gasteiger charge is 2.34. The molecule has 1 heterocycles. The molecular formula is C9H10F3N3O3. The third-order valence-electron chi connectivity index (χ3n) is 1.92. The second-order valence-corrected chi connectivity index (χ2v) is 3.12. The van der Waals surface area contributed by atoms with E-state index in [-0.39, 0.29) is 17.9 Å². The average Bonchev–Trinajstić information content (AvgIpc) is 2.28. The van der Waals surface area contributed by atoms with E-state index in [1.54, 1.807) is 0 Å². The molecule has 1 aromatic rings. The van der Waals surface area contributed by atoms with E-state index in [0.29, 0.717) is 0 Å². The number of aromatic nitrogens is 1. The van der Waals surface area contributed by atoms with Crippen molar-refractivity contribution in [3.05, 3.63) is 17.3 Å². The molecule has 0 spiro atoms. The summed E-state index contributed by atoms with van der Waals surface area (Å²) >= 11 is 0. The fraction of sp³-hybridized carbons (Fsp3) is 0.333. The Morgan fingerprint density at radius 3 is 2.56 bits per heavy atom. The summed E-state index contributed by atoms with van der Waals surface area (Å²) in [7, 11) is 0.994. The first kappa shape index (κ1) is 14.0. The van der Waals surface area contributed by atoms with Crippen LogP contribution in [0, 0.1) is 0 Å². The smallest absolute Gasteiger partial charge is 0.464 e. The summed E-state index contributed by atoms with van der Waals surface area (Å²) in [5.74, 6) is -2.05. The molecule has 6 nitrogen and oxygen atoms in total. The molecule has 0 aliphatic heterocycles. The number of alkyl halides is 3. The maximum absolute atomic E-state index is 12.2. The second kappa shape index (κ2) is 5.08. The zero-order chi connectivity index (χ0) is 13.9. The van der Waals surface area contributed by atoms with Gasteiger partial charge in [-0.2, -0.15) is 0 Å². The normalized spacial score (nSPS) is 11.2. The number of carbonyl (C=O) groups excluding carboxylic acids is 1. The molecule has 0 aliphatic rings. The first-order valence-electron chi connectivity index (χ1n) is 4.62. The fourth-order valence-corrected chi connectivity index (χ4v) is 1.16. The van der Waals surface area contributed by atoms with E-state index in [0.717, 1.165) is 13.2 Å². The molecule has 0 fully saturated rings. The number of hydrogen-bond donors (Lipinski definition) is 2. The summed E-state index contributed by atoms with van der Waals surface area (Å²) in [5.41, 5.74) is 10.2. The number of ether oxygens (including phenoxy) is 2. The number of esters is 1. The van der Waals surface area contributed by atoms with Gasteiger partial charge in [-0.3, -0.25) is 0 Å². The summed E-state index contributed by atoms with van der Waals surface area (Å²) in [5, 5.41) is 0. The number of nitrogens with two attached hydrogens (primary N) is 2. The Hall–Kier alpha value is -2.03. The number of anilines is 1. The number of methoxy groups -OCH3 is 1. The lowest BCUT2D eigenvalue weighted by Gasteiger charge is -2.13. The number of hydrogen-bond acceptors (Lipinski definition) is 6. The van der Waals surface area contributed by atoms with Crippen LogP contribution in [-0.2, 0) is 11.3 Å². The molecule has 0 amide bonds. The van der Waals surface area contributed by atoms with Crippen molar-refractivity contribution < 1.29 is 27.4 Å². The van der Waals surface area contributed by atoms with E-state index in [4.69, 9.17) is 11.5 Å². The van der Waals surface area contributed by atoms with Crippen LogP contribution >= 0.6 is 0 Å². The molecule has 0 bridgehead atoms. The van der Waals surface area contributed by atoms with Crippen LogP contribution in [0.1, 0.15) is 16.1 Å². The van der Waals surface area contributed by atoms with Gasteiger partial charge in [-0.05, 0) is 6.07 Å². The van der Waals surface area contributed by atoms with Gasteiger partial charge in [0.25, 0.3) is 0 Å². The van der Waals surface area contributed by atoms with Gasteiger partial charge in [0, 0.05) is 12.1 Å². The molecule has 0 aliphatic carbocycles. The zero-order valence-corrected chi connectivity index (χ0v) is 9.25. The van der Waals surface area contributed by atoms with Crippen LogP contribution in [0.15, 0.2) is 6.07 Å². The molecule has 0 atom stereocenters. The Kier molecular flexibility index (Phi) is 3.96. The van der Waals surface area contributed by atoms with Crippen molar-refractivity contribution in [3.8, 4) is 5.75 Å². The maximum Gasteiger partial charge on any atom is 0.573 e. The average molecular weight is 265 g/mol. The topological polar surface area (TPSA) is 100 Å². The summed E-state index contributed by atoms with van der Waals surface area (Å²) in [6.45, 7) is -0.144. The van der Waals surface area contributed by atoms with Crippen molar-refractivity contribution in [1.29, 1.82) is 0 Å². The summed E-state index contributed by atoms with van der Waals surface area (Å²) in [4.78, 5) is 14.8. The van der Waals surface area contributed by atoms with Gasteiger partial charge in [0.2, 0.25) is 0 Å². The molecule has 0 unspecified atom stereocenters. The Labute approximate surface area is 99.7 Å². The Morgan fingerprint density at radius 2 is 2.11 bits per heavy atom. The Balaban J connectivity index is 3.30. The molecular weight excluding hydrogens is 255 g/mol. The Morgan fingerprint density at radius 1 is 1.50 bits per heavy atom. The van der Waals surface area contributed by atoms with Crippen LogP contribution < -0.4 is 16.2 Å². The number of carbonyl (C=O) groups is 1. The number of rotatable bonds is 3. The van der Waals surface area contributed by atoms with Crippen molar-refractivity contribution in [2.75, 3.05) is 12.8 Å². The molecule has 0 radical (unpaired) electrons. The van der Waals surface area contributed by atoms with E-state index >= 15 is 0 Å². The minimum atomic E-state index is -4.97. The largest absolute Gasteiger partial charge is 0.573 e. The maximum atomic E-state index is 12.2. The van der Waals surface area contributed by atoms with Crippen molar-refractivity contribution >= 4 is 11.8 Å². The van der Waals surface area contributed by atoms with E-state index < -0.39 is 23.8 Å². The summed E-state index contributed by atoms with van der Waals surface area (Å²) in [6, 6.07) is 0.905. The molecule has 1 rings (SSSR count). The fourth-order valence-electron chi connectivity index (χ4n) is 1.16. The highest BCUT2D eigenvalue weighted by atomic mass is 19.4. The monoisotopic (exact) mass is 265 g/mol. The lowest BCUT2D eigenvalue weighted by molar-refractivity contribution is -0.274. The number of halogens is 3. The van der Waals surface area contributed by atoms with Crippen molar-refractivity contribution in [1.82, 2.24) is 4.98 Å². The zero-order valence-electron chi connectivity index (χ0n) is 9.25. The minimum Gasteiger partial charge on any atom is -0.464 e. The van der Waals surface area contributed by atoms with Crippen LogP contribution in [-0.4, -0.2) is 24.4 Å². The molecule has 4 N–H and O–H groups in total. The molecule has 1 aromatic heterocycles. The first-order chi connectivity index (χ1) is 8.28. The number of nitrogens with zero attached hydrogens (tertiary/aromatic N) is 1. The standard InChI is InChI=1S/C9H10F3N3O3/c1-17-8(16)6-5(18-9(10,11)12)2-4(3-13)7(14)15-6/h2H,3,13H2,1H3,(H2,14,15). The van der Waals surface area contributed by atoms with Crippen LogP contribution in [0.25, 0.3) is 0 Å². The SMILES string of the molecule is COC(=O)c1nc(N)c(CN)cc1OC(F)(F)F. The van der Waals surface area contributed by atoms with Gasteiger partial charge in [0.1, 0.15) is 5.82 Å². The predicted octanol–water partition coefficient (Wildman–Crippen LogP) is 0.808. The highest BCUT2D eigenvalue weighted by Crippen LogP contribution is 2.28. The third kappa shape index (κ3) is 3.23. The van der Waals surface area contributed by atoms with Crippen molar-refractivity contribution in [2.45, 2.75) is 12.9 Å². The van der Waals surface area contributed by atoms with Crippen molar-refractivity contribution in [2.24, 2.45) is 5.73 Å². The van der Waals surface area contributed by atoms with Gasteiger partial charge < -0.3 is 20.9 Å². The van der Waals surface area contributed by atoms with Gasteiger partial charge in [-0.15, -0.1) is 13.2 Å². The van der Waals surface area contributed by atoms with Crippen LogP contribution in [0.4, 0.5) is 19.0 Å². The molecule has 9 heteroatoms. The first-order valence-corrected chi connectivity index (χ1v) is 4.62. The summed E-state index contributed by atoms with van der Waals surface area (Å²) < 4.78 is 44.4. The molecule has 100 valence electrons. The van der Waals surface area contributed by atoms with Gasteiger partial charge in [-0.25, -0.2) is 9.78 Å². The van der Waals surface area contributed by atoms with Crippen LogP contribution in [0.3, 0.4) is 0 Å². The van der Waals surface area contributed by atoms with Gasteiger partial charge in [0.15, 0.2) is 11.4 Å². The van der Waals surface area contributed by atoms with E-state index in [1.807, 2.05) is 0 Å². The lowest BCUT2D eigenvalue weighted by atomic mass is 10.2. The molecule has 0 saturated carbocycles. The molecule has 18 heavy (non-hydrogen) atoms. The number of nitrogen functional groups attached to an aromatic ring is 1. The predicted molar refractivity (Wildman–Crippen MR) is 54.6 cm³/mol. The quantitative estimate of drug-likeness (QED) is 0.784. The third-order valence-corrected chi connectivity index (χ3v) is 1.92. The van der Waals surface area contributed by atoms with Crippen molar-refractivity contribution in [3.63, 3.8) is 0 Å². The van der Waals surface area contributed by atoms with Gasteiger partial charge >= 0.3 is 12.3 Å². The van der Waals surface area contributed by atoms with Gasteiger partial charge in [0.05, 0.1) is 7.11 Å². The van der Waals surface area contributed by atoms with Gasteiger partial charge in [-0.1, -0.05) is 0 Å². The van der Waals surface area contributed by atoms with E-state index in [9.17, 15) is 18.0 Å². The van der Waals surface area contributed by atoms with E-state index in [1.165, 1.54) is 0 Å². The lowest BCUT2D eigenvalue weighted by Crippen LogP contribution is -2.21. The highest BCUT2D eigenvalue weighted by molar-refractivity contribution is 5.91. The van der Waals surface area contributed by atoms with Crippen LogP contribution in [0.2, 0.25) is 0 Å². The van der Waals surface area contributed by atoms with E-state index in [2.05, 4.69) is 14.5 Å². The van der Waals surface area contributed by atoms with Crippen LogP contribution in [0.5, 0.6) is 5.75 Å². The minimum absolute atomic E-state index is 0.127. The molecule has 0 aromatic carbocycles. The molecule has 0 saturated heterocycles. The second-order valence-electron chi connectivity index (χ2n) is 3.12. The Bertz CT molecular complexity index is 462. The number of pyridine rings is 1. The summed E-state index contributed by atoms with van der Waals surface area (Å²) in [6.07, 6.45) is -4.97.